The number of aliphatic imine (C=N–C) groups is 1. The molecular weight excluding hydrogens is 527 g/mol. The molecule has 0 bridgehead atoms. The molecule has 0 fully saturated rings. The number of thiazole rings is 1. The maximum absolute atomic E-state index is 5.56. The molecule has 0 saturated carbocycles. The van der Waals surface area contributed by atoms with Gasteiger partial charge in [0, 0.05) is 29.7 Å². The van der Waals surface area contributed by atoms with Gasteiger partial charge in [0.15, 0.2) is 17.5 Å². The number of anilines is 1. The molecule has 0 saturated heterocycles. The summed E-state index contributed by atoms with van der Waals surface area (Å²) in [6.07, 6.45) is 0. The van der Waals surface area contributed by atoms with Gasteiger partial charge in [-0.25, -0.2) is 4.98 Å². The lowest BCUT2D eigenvalue weighted by Gasteiger charge is -2.14. The summed E-state index contributed by atoms with van der Waals surface area (Å²) < 4.78 is 16.2. The smallest absolute Gasteiger partial charge is 0.195 e. The Bertz CT molecular complexity index is 993. The predicted octanol–water partition coefficient (Wildman–Crippen LogP) is 5.03. The lowest BCUT2D eigenvalue weighted by Crippen LogP contribution is -2.30. The Morgan fingerprint density at radius 1 is 1.06 bits per heavy atom. The lowest BCUT2D eigenvalue weighted by molar-refractivity contribution is 0.311. The number of halogens is 1. The van der Waals surface area contributed by atoms with Crippen molar-refractivity contribution in [2.45, 2.75) is 13.5 Å². The summed E-state index contributed by atoms with van der Waals surface area (Å²) in [5.41, 5.74) is 2.86. The first-order valence-electron chi connectivity index (χ1n) is 9.54. The molecule has 0 unspecified atom stereocenters. The van der Waals surface area contributed by atoms with Crippen LogP contribution < -0.4 is 24.8 Å². The molecule has 0 spiro atoms. The van der Waals surface area contributed by atoms with Crippen LogP contribution in [0, 0.1) is 0 Å². The van der Waals surface area contributed by atoms with Crippen molar-refractivity contribution in [3.63, 3.8) is 0 Å². The van der Waals surface area contributed by atoms with Crippen molar-refractivity contribution < 1.29 is 14.2 Å². The highest BCUT2D eigenvalue weighted by atomic mass is 127. The van der Waals surface area contributed by atoms with Crippen LogP contribution in [0.25, 0.3) is 10.6 Å². The van der Waals surface area contributed by atoms with E-state index >= 15 is 0 Å². The van der Waals surface area contributed by atoms with Gasteiger partial charge in [-0.2, -0.15) is 0 Å². The minimum absolute atomic E-state index is 0. The van der Waals surface area contributed by atoms with Crippen molar-refractivity contribution in [3.05, 3.63) is 53.5 Å². The fraction of sp³-hybridized carbons (Fsp3) is 0.273. The summed E-state index contributed by atoms with van der Waals surface area (Å²) >= 11 is 1.61. The topological polar surface area (TPSA) is 77.0 Å². The number of nitrogens with one attached hydrogen (secondary N) is 2. The predicted molar refractivity (Wildman–Crippen MR) is 138 cm³/mol. The summed E-state index contributed by atoms with van der Waals surface area (Å²) in [5.74, 6) is 2.85. The number of ether oxygens (including phenoxy) is 3. The van der Waals surface area contributed by atoms with Crippen LogP contribution in [0.4, 0.5) is 5.69 Å². The number of aromatic nitrogens is 1. The van der Waals surface area contributed by atoms with E-state index in [1.807, 2.05) is 54.8 Å². The van der Waals surface area contributed by atoms with E-state index in [0.29, 0.717) is 30.6 Å². The number of methoxy groups -OCH3 is 2. The Morgan fingerprint density at radius 2 is 1.84 bits per heavy atom. The third-order valence-electron chi connectivity index (χ3n) is 4.28. The van der Waals surface area contributed by atoms with Crippen LogP contribution in [0.3, 0.4) is 0 Å². The summed E-state index contributed by atoms with van der Waals surface area (Å²) in [5, 5.41) is 9.55. The number of hydrogen-bond acceptors (Lipinski definition) is 6. The van der Waals surface area contributed by atoms with E-state index in [9.17, 15) is 0 Å². The highest BCUT2D eigenvalue weighted by molar-refractivity contribution is 14.0. The lowest BCUT2D eigenvalue weighted by atomic mass is 10.2. The fourth-order valence-electron chi connectivity index (χ4n) is 2.76. The van der Waals surface area contributed by atoms with Crippen molar-refractivity contribution >= 4 is 47.0 Å². The first-order chi connectivity index (χ1) is 14.7. The van der Waals surface area contributed by atoms with Crippen molar-refractivity contribution in [1.29, 1.82) is 0 Å². The Labute approximate surface area is 203 Å². The molecule has 2 aromatic carbocycles. The summed E-state index contributed by atoms with van der Waals surface area (Å²) in [6.45, 7) is 3.08. The van der Waals surface area contributed by atoms with Gasteiger partial charge in [0.1, 0.15) is 10.8 Å². The molecular formula is C22H27IN4O3S. The summed E-state index contributed by atoms with van der Waals surface area (Å²) in [7, 11) is 5.01. The quantitative estimate of drug-likeness (QED) is 0.231. The van der Waals surface area contributed by atoms with E-state index in [2.05, 4.69) is 15.6 Å². The second kappa shape index (κ2) is 12.4. The van der Waals surface area contributed by atoms with Gasteiger partial charge >= 0.3 is 0 Å². The van der Waals surface area contributed by atoms with Crippen molar-refractivity contribution in [2.24, 2.45) is 4.99 Å². The average Bonchev–Trinajstić information content (AvgIpc) is 3.26. The molecule has 3 rings (SSSR count). The zero-order valence-electron chi connectivity index (χ0n) is 18.0. The Morgan fingerprint density at radius 3 is 2.48 bits per heavy atom. The molecule has 1 aromatic heterocycles. The average molecular weight is 554 g/mol. The molecule has 0 atom stereocenters. The zero-order chi connectivity index (χ0) is 21.3. The van der Waals surface area contributed by atoms with Crippen LogP contribution in [0.15, 0.2) is 52.8 Å². The van der Waals surface area contributed by atoms with Gasteiger partial charge in [0.25, 0.3) is 0 Å². The monoisotopic (exact) mass is 554 g/mol. The fourth-order valence-corrected chi connectivity index (χ4v) is 3.59. The zero-order valence-corrected chi connectivity index (χ0v) is 21.1. The first kappa shape index (κ1) is 24.7. The van der Waals surface area contributed by atoms with E-state index in [-0.39, 0.29) is 24.0 Å². The van der Waals surface area contributed by atoms with Crippen LogP contribution in [-0.2, 0) is 6.54 Å². The third kappa shape index (κ3) is 6.73. The van der Waals surface area contributed by atoms with Crippen molar-refractivity contribution in [1.82, 2.24) is 10.3 Å². The molecule has 0 radical (unpaired) electrons. The number of guanidine groups is 1. The maximum atomic E-state index is 5.56. The second-order valence-electron chi connectivity index (χ2n) is 6.22. The largest absolute Gasteiger partial charge is 0.497 e. The van der Waals surface area contributed by atoms with Crippen LogP contribution in [0.5, 0.6) is 17.2 Å². The molecule has 0 aliphatic heterocycles. The molecule has 166 valence electrons. The van der Waals surface area contributed by atoms with E-state index in [1.54, 1.807) is 32.6 Å². The standard InChI is InChI=1S/C22H26N4O3S.HI/c1-5-29-19-11-8-16(12-20(19)28-4)26-22(23-2)24-13-17-14-30-21(25-17)15-6-9-18(27-3)10-7-15;/h6-12,14H,5,13H2,1-4H3,(H2,23,24,26);1H. The van der Waals surface area contributed by atoms with Gasteiger partial charge in [-0.3, -0.25) is 4.99 Å². The Hall–Kier alpha value is -2.53. The highest BCUT2D eigenvalue weighted by Crippen LogP contribution is 2.30. The molecule has 1 heterocycles. The molecule has 3 aromatic rings. The number of nitrogens with zero attached hydrogens (tertiary/aromatic N) is 2. The molecule has 31 heavy (non-hydrogen) atoms. The number of rotatable bonds is 8. The van der Waals surface area contributed by atoms with Crippen LogP contribution in [0.1, 0.15) is 12.6 Å². The first-order valence-corrected chi connectivity index (χ1v) is 10.4. The number of benzene rings is 2. The number of hydrogen-bond donors (Lipinski definition) is 2. The van der Waals surface area contributed by atoms with E-state index in [4.69, 9.17) is 19.2 Å². The molecule has 7 nitrogen and oxygen atoms in total. The van der Waals surface area contributed by atoms with Crippen LogP contribution >= 0.6 is 35.3 Å². The molecule has 9 heteroatoms. The highest BCUT2D eigenvalue weighted by Gasteiger charge is 2.09. The minimum Gasteiger partial charge on any atom is -0.497 e. The third-order valence-corrected chi connectivity index (χ3v) is 5.22. The summed E-state index contributed by atoms with van der Waals surface area (Å²) in [6, 6.07) is 13.6. The van der Waals surface area contributed by atoms with Gasteiger partial charge in [0.05, 0.1) is 33.1 Å². The van der Waals surface area contributed by atoms with Crippen LogP contribution in [0.2, 0.25) is 0 Å². The van der Waals surface area contributed by atoms with Gasteiger partial charge in [-0.05, 0) is 43.3 Å². The van der Waals surface area contributed by atoms with Gasteiger partial charge in [-0.15, -0.1) is 35.3 Å². The SMILES string of the molecule is CCOc1ccc(NC(=NC)NCc2csc(-c3ccc(OC)cc3)n2)cc1OC.I. The molecule has 0 amide bonds. The summed E-state index contributed by atoms with van der Waals surface area (Å²) in [4.78, 5) is 8.99. The Balaban J connectivity index is 0.00000341. The molecule has 0 aliphatic carbocycles. The van der Waals surface area contributed by atoms with E-state index in [1.165, 1.54) is 0 Å². The van der Waals surface area contributed by atoms with E-state index < -0.39 is 0 Å². The normalized spacial score (nSPS) is 10.8. The Kier molecular flexibility index (Phi) is 9.86. The molecule has 0 aliphatic rings. The maximum Gasteiger partial charge on any atom is 0.195 e. The second-order valence-corrected chi connectivity index (χ2v) is 7.08. The van der Waals surface area contributed by atoms with Gasteiger partial charge < -0.3 is 24.8 Å². The van der Waals surface area contributed by atoms with Gasteiger partial charge in [-0.1, -0.05) is 0 Å². The van der Waals surface area contributed by atoms with Crippen molar-refractivity contribution in [2.75, 3.05) is 33.2 Å². The van der Waals surface area contributed by atoms with Crippen LogP contribution in [-0.4, -0.2) is 38.8 Å². The van der Waals surface area contributed by atoms with E-state index in [0.717, 1.165) is 27.7 Å². The molecule has 2 N–H and O–H groups in total. The van der Waals surface area contributed by atoms with Crippen molar-refractivity contribution in [3.8, 4) is 27.8 Å². The van der Waals surface area contributed by atoms with Gasteiger partial charge in [0.2, 0.25) is 0 Å². The minimum atomic E-state index is 0.